The molecule has 0 heterocycles. The van der Waals surface area contributed by atoms with Crippen molar-refractivity contribution < 1.29 is 9.47 Å². The van der Waals surface area contributed by atoms with Gasteiger partial charge in [-0.1, -0.05) is 12.1 Å². The number of methoxy groups -OCH3 is 1. The molecule has 0 atom stereocenters. The number of hydrogen-bond donors (Lipinski definition) is 2. The lowest BCUT2D eigenvalue weighted by Crippen LogP contribution is -2.23. The predicted octanol–water partition coefficient (Wildman–Crippen LogP) is 3.20. The van der Waals surface area contributed by atoms with Gasteiger partial charge in [-0.2, -0.15) is 0 Å². The summed E-state index contributed by atoms with van der Waals surface area (Å²) < 4.78 is 10.7. The van der Waals surface area contributed by atoms with Crippen LogP contribution >= 0.6 is 0 Å². The summed E-state index contributed by atoms with van der Waals surface area (Å²) in [6, 6.07) is 15.5. The van der Waals surface area contributed by atoms with Crippen molar-refractivity contribution >= 4 is 11.6 Å². The van der Waals surface area contributed by atoms with Crippen molar-refractivity contribution in [1.29, 1.82) is 0 Å². The van der Waals surface area contributed by atoms with E-state index in [-0.39, 0.29) is 0 Å². The normalized spacial score (nSPS) is 11.1. The van der Waals surface area contributed by atoms with Gasteiger partial charge in [0.15, 0.2) is 5.96 Å². The molecule has 2 aromatic carbocycles. The highest BCUT2D eigenvalue weighted by Gasteiger charge is 1.97. The molecule has 5 nitrogen and oxygen atoms in total. The number of hydrogen-bond acceptors (Lipinski definition) is 3. The molecule has 2 rings (SSSR count). The fourth-order valence-corrected chi connectivity index (χ4v) is 2.04. The van der Waals surface area contributed by atoms with Gasteiger partial charge in [0.05, 0.1) is 13.7 Å². The van der Waals surface area contributed by atoms with Crippen LogP contribution in [0.2, 0.25) is 0 Å². The maximum atomic E-state index is 5.87. The van der Waals surface area contributed by atoms with Crippen LogP contribution in [-0.4, -0.2) is 26.2 Å². The average Bonchev–Trinajstić information content (AvgIpc) is 2.55. The first kappa shape index (κ1) is 16.7. The molecule has 0 aromatic heterocycles. The van der Waals surface area contributed by atoms with Gasteiger partial charge in [0.1, 0.15) is 11.5 Å². The average molecular weight is 313 g/mol. The number of nitrogens with two attached hydrogens (primary N) is 1. The van der Waals surface area contributed by atoms with Gasteiger partial charge in [-0.05, 0) is 48.9 Å². The van der Waals surface area contributed by atoms with Crippen molar-refractivity contribution in [3.8, 4) is 11.5 Å². The van der Waals surface area contributed by atoms with Gasteiger partial charge in [-0.25, -0.2) is 0 Å². The van der Waals surface area contributed by atoms with E-state index >= 15 is 0 Å². The minimum Gasteiger partial charge on any atom is -0.497 e. The Morgan fingerprint density at radius 2 is 1.87 bits per heavy atom. The van der Waals surface area contributed by atoms with Crippen LogP contribution in [-0.2, 0) is 0 Å². The zero-order valence-electron chi connectivity index (χ0n) is 13.6. The maximum absolute atomic E-state index is 5.87. The van der Waals surface area contributed by atoms with Crippen molar-refractivity contribution in [1.82, 2.24) is 0 Å². The van der Waals surface area contributed by atoms with E-state index in [1.165, 1.54) is 5.56 Å². The van der Waals surface area contributed by atoms with Crippen LogP contribution in [0.4, 0.5) is 5.69 Å². The van der Waals surface area contributed by atoms with E-state index in [4.69, 9.17) is 15.2 Å². The number of anilines is 1. The summed E-state index contributed by atoms with van der Waals surface area (Å²) in [5.41, 5.74) is 7.99. The van der Waals surface area contributed by atoms with Gasteiger partial charge < -0.3 is 20.5 Å². The number of nitrogens with zero attached hydrogens (tertiary/aromatic N) is 1. The second kappa shape index (κ2) is 8.68. The molecule has 0 saturated carbocycles. The van der Waals surface area contributed by atoms with Crippen LogP contribution in [0.1, 0.15) is 12.0 Å². The Hall–Kier alpha value is -2.69. The molecule has 0 aliphatic heterocycles. The lowest BCUT2D eigenvalue weighted by molar-refractivity contribution is 0.313. The third-order valence-corrected chi connectivity index (χ3v) is 3.20. The van der Waals surface area contributed by atoms with Crippen LogP contribution in [0, 0.1) is 6.92 Å². The van der Waals surface area contributed by atoms with Crippen LogP contribution in [0.3, 0.4) is 0 Å². The van der Waals surface area contributed by atoms with Crippen molar-refractivity contribution in [3.05, 3.63) is 54.1 Å². The van der Waals surface area contributed by atoms with E-state index in [1.54, 1.807) is 7.11 Å². The fraction of sp³-hybridized carbons (Fsp3) is 0.278. The number of benzene rings is 2. The molecule has 2 aromatic rings. The third-order valence-electron chi connectivity index (χ3n) is 3.20. The van der Waals surface area contributed by atoms with Gasteiger partial charge in [0.25, 0.3) is 0 Å². The number of guanidine groups is 1. The Morgan fingerprint density at radius 1 is 1.13 bits per heavy atom. The molecule has 0 amide bonds. The molecule has 0 aliphatic carbocycles. The second-order valence-corrected chi connectivity index (χ2v) is 5.14. The molecule has 23 heavy (non-hydrogen) atoms. The SMILES string of the molecule is COc1ccc(OCCCN=C(N)Nc2cccc(C)c2)cc1. The highest BCUT2D eigenvalue weighted by Crippen LogP contribution is 2.17. The lowest BCUT2D eigenvalue weighted by atomic mass is 10.2. The van der Waals surface area contributed by atoms with Crippen LogP contribution in [0.25, 0.3) is 0 Å². The number of rotatable bonds is 7. The van der Waals surface area contributed by atoms with Crippen molar-refractivity contribution in [2.45, 2.75) is 13.3 Å². The molecule has 0 spiro atoms. The first-order valence-corrected chi connectivity index (χ1v) is 7.58. The Bertz CT molecular complexity index is 639. The largest absolute Gasteiger partial charge is 0.497 e. The molecule has 3 N–H and O–H groups in total. The van der Waals surface area contributed by atoms with Crippen molar-refractivity contribution in [2.75, 3.05) is 25.6 Å². The molecule has 0 saturated heterocycles. The summed E-state index contributed by atoms with van der Waals surface area (Å²) in [4.78, 5) is 4.29. The molecule has 0 radical (unpaired) electrons. The standard InChI is InChI=1S/C18H23N3O2/c1-14-5-3-6-15(13-14)21-18(19)20-11-4-12-23-17-9-7-16(22-2)8-10-17/h3,5-10,13H,4,11-12H2,1-2H3,(H3,19,20,21). The summed E-state index contributed by atoms with van der Waals surface area (Å²) in [7, 11) is 1.64. The van der Waals surface area contributed by atoms with Gasteiger partial charge in [-0.15, -0.1) is 0 Å². The number of ether oxygens (including phenoxy) is 2. The minimum absolute atomic E-state index is 0.417. The molecule has 122 valence electrons. The predicted molar refractivity (Wildman–Crippen MR) is 94.4 cm³/mol. The van der Waals surface area contributed by atoms with E-state index in [0.29, 0.717) is 19.1 Å². The molecule has 0 aliphatic rings. The molecular formula is C18H23N3O2. The van der Waals surface area contributed by atoms with Gasteiger partial charge >= 0.3 is 0 Å². The molecule has 5 heteroatoms. The first-order chi connectivity index (χ1) is 11.2. The van der Waals surface area contributed by atoms with Gasteiger partial charge in [0, 0.05) is 18.7 Å². The van der Waals surface area contributed by atoms with Gasteiger partial charge in [-0.3, -0.25) is 4.99 Å². The molecule has 0 bridgehead atoms. The van der Waals surface area contributed by atoms with E-state index in [1.807, 2.05) is 55.5 Å². The zero-order valence-corrected chi connectivity index (χ0v) is 13.6. The number of nitrogens with one attached hydrogen (secondary N) is 1. The molecular weight excluding hydrogens is 290 g/mol. The fourth-order valence-electron chi connectivity index (χ4n) is 2.04. The first-order valence-electron chi connectivity index (χ1n) is 7.58. The van der Waals surface area contributed by atoms with E-state index in [0.717, 1.165) is 23.6 Å². The van der Waals surface area contributed by atoms with Crippen LogP contribution < -0.4 is 20.5 Å². The van der Waals surface area contributed by atoms with Crippen LogP contribution in [0.5, 0.6) is 11.5 Å². The Morgan fingerprint density at radius 3 is 2.57 bits per heavy atom. The summed E-state index contributed by atoms with van der Waals surface area (Å²) in [5, 5.41) is 3.08. The van der Waals surface area contributed by atoms with Crippen molar-refractivity contribution in [2.24, 2.45) is 10.7 Å². The lowest BCUT2D eigenvalue weighted by Gasteiger charge is -2.07. The Labute approximate surface area is 137 Å². The zero-order chi connectivity index (χ0) is 16.5. The molecule has 0 fully saturated rings. The summed E-state index contributed by atoms with van der Waals surface area (Å²) in [6.07, 6.45) is 0.794. The minimum atomic E-state index is 0.417. The summed E-state index contributed by atoms with van der Waals surface area (Å²) >= 11 is 0. The topological polar surface area (TPSA) is 68.9 Å². The third kappa shape index (κ3) is 5.90. The van der Waals surface area contributed by atoms with Crippen molar-refractivity contribution in [3.63, 3.8) is 0 Å². The van der Waals surface area contributed by atoms with E-state index in [2.05, 4.69) is 10.3 Å². The van der Waals surface area contributed by atoms with E-state index in [9.17, 15) is 0 Å². The Kier molecular flexibility index (Phi) is 6.29. The summed E-state index contributed by atoms with van der Waals surface area (Å²) in [6.45, 7) is 3.24. The van der Waals surface area contributed by atoms with E-state index < -0.39 is 0 Å². The second-order valence-electron chi connectivity index (χ2n) is 5.14. The number of aryl methyl sites for hydroxylation is 1. The smallest absolute Gasteiger partial charge is 0.193 e. The summed E-state index contributed by atoms with van der Waals surface area (Å²) in [5.74, 6) is 2.05. The number of aliphatic imine (C=N–C) groups is 1. The maximum Gasteiger partial charge on any atom is 0.193 e. The van der Waals surface area contributed by atoms with Crippen LogP contribution in [0.15, 0.2) is 53.5 Å². The monoisotopic (exact) mass is 313 g/mol. The highest BCUT2D eigenvalue weighted by molar-refractivity contribution is 5.92. The quantitative estimate of drug-likeness (QED) is 0.468. The Balaban J connectivity index is 1.69. The van der Waals surface area contributed by atoms with Gasteiger partial charge in [0.2, 0.25) is 0 Å². The highest BCUT2D eigenvalue weighted by atomic mass is 16.5. The molecule has 0 unspecified atom stereocenters.